The summed E-state index contributed by atoms with van der Waals surface area (Å²) in [5.41, 5.74) is 2.23. The highest BCUT2D eigenvalue weighted by Gasteiger charge is 2.35. The molecule has 0 bridgehead atoms. The van der Waals surface area contributed by atoms with Crippen molar-refractivity contribution in [3.63, 3.8) is 0 Å². The summed E-state index contributed by atoms with van der Waals surface area (Å²) in [6, 6.07) is 16.2. The highest BCUT2D eigenvalue weighted by molar-refractivity contribution is 9.10. The van der Waals surface area contributed by atoms with Crippen molar-refractivity contribution in [1.82, 2.24) is 29.3 Å². The van der Waals surface area contributed by atoms with Gasteiger partial charge < -0.3 is 19.9 Å². The maximum Gasteiger partial charge on any atom is 0.333 e. The summed E-state index contributed by atoms with van der Waals surface area (Å²) < 4.78 is 24.6. The molecule has 3 heterocycles. The van der Waals surface area contributed by atoms with E-state index in [1.807, 2.05) is 6.92 Å². The molecule has 7 rings (SSSR count). The molecule has 5 aromatic rings. The SMILES string of the molecule is CC1Cn2c(c(C(=O)NCc3c(F)cccc3-c3cnc[nH]3)n(-c3ccc(OC4CC4)cc3)c2=O)CN1C(=O)c1ccc(Br)c(Cl)c1. The number of nitrogens with zero attached hydrogens (tertiary/aromatic N) is 4. The van der Waals surface area contributed by atoms with Gasteiger partial charge in [0.1, 0.15) is 17.3 Å². The maximum atomic E-state index is 15.1. The van der Waals surface area contributed by atoms with E-state index >= 15 is 4.39 Å². The molecule has 2 aromatic heterocycles. The van der Waals surface area contributed by atoms with Crippen LogP contribution in [0.5, 0.6) is 5.75 Å². The van der Waals surface area contributed by atoms with Gasteiger partial charge in [-0.15, -0.1) is 0 Å². The predicted molar refractivity (Wildman–Crippen MR) is 177 cm³/mol. The normalized spacial score (nSPS) is 15.7. The van der Waals surface area contributed by atoms with Crippen molar-refractivity contribution in [2.45, 2.75) is 51.5 Å². The number of carbonyl (C=O) groups is 2. The van der Waals surface area contributed by atoms with Gasteiger partial charge in [0, 0.05) is 40.3 Å². The standard InChI is InChI=1S/C34H29BrClFN6O4/c1-19-16-42-30(17-41(19)33(45)20-5-12-26(35)27(36)13-20)31(43(34(42)46)21-6-8-22(9-7-21)47-23-10-11-23)32(44)39-14-25-24(3-2-4-28(25)37)29-15-38-18-40-29/h2-9,12-13,15,18-19,23H,10-11,14,16-17H2,1H3,(H,38,40)(H,39,44). The predicted octanol–water partition coefficient (Wildman–Crippen LogP) is 6.10. The monoisotopic (exact) mass is 718 g/mol. The summed E-state index contributed by atoms with van der Waals surface area (Å²) in [5.74, 6) is -0.717. The zero-order valence-electron chi connectivity index (χ0n) is 25.2. The summed E-state index contributed by atoms with van der Waals surface area (Å²) in [6.07, 6.45) is 5.27. The number of rotatable bonds is 8. The van der Waals surface area contributed by atoms with Gasteiger partial charge in [0.05, 0.1) is 47.3 Å². The van der Waals surface area contributed by atoms with E-state index < -0.39 is 17.4 Å². The zero-order valence-corrected chi connectivity index (χ0v) is 27.5. The average molecular weight is 720 g/mol. The second kappa shape index (κ2) is 12.5. The number of benzene rings is 3. The molecular weight excluding hydrogens is 691 g/mol. The van der Waals surface area contributed by atoms with E-state index in [-0.39, 0.29) is 48.9 Å². The number of nitrogens with one attached hydrogen (secondary N) is 2. The van der Waals surface area contributed by atoms with Crippen LogP contribution in [0.2, 0.25) is 5.02 Å². The first-order chi connectivity index (χ1) is 22.7. The lowest BCUT2D eigenvalue weighted by atomic mass is 10.0. The Morgan fingerprint density at radius 1 is 1.15 bits per heavy atom. The molecule has 1 atom stereocenters. The molecule has 10 nitrogen and oxygen atoms in total. The van der Waals surface area contributed by atoms with Gasteiger partial charge in [-0.3, -0.25) is 18.7 Å². The van der Waals surface area contributed by atoms with Crippen molar-refractivity contribution in [3.8, 4) is 22.7 Å². The minimum Gasteiger partial charge on any atom is -0.490 e. The van der Waals surface area contributed by atoms with Gasteiger partial charge in [-0.1, -0.05) is 23.7 Å². The van der Waals surface area contributed by atoms with Crippen LogP contribution < -0.4 is 15.7 Å². The number of amides is 2. The molecule has 13 heteroatoms. The van der Waals surface area contributed by atoms with Crippen LogP contribution in [0.3, 0.4) is 0 Å². The first-order valence-electron chi connectivity index (χ1n) is 15.1. The van der Waals surface area contributed by atoms with Crippen molar-refractivity contribution in [2.24, 2.45) is 0 Å². The second-order valence-electron chi connectivity index (χ2n) is 11.7. The zero-order chi connectivity index (χ0) is 32.8. The topological polar surface area (TPSA) is 114 Å². The third kappa shape index (κ3) is 5.98. The molecule has 3 aromatic carbocycles. The van der Waals surface area contributed by atoms with Crippen LogP contribution in [-0.2, 0) is 19.6 Å². The fourth-order valence-corrected chi connectivity index (χ4v) is 6.28. The van der Waals surface area contributed by atoms with E-state index in [0.29, 0.717) is 43.4 Å². The summed E-state index contributed by atoms with van der Waals surface area (Å²) in [7, 11) is 0. The van der Waals surface area contributed by atoms with E-state index in [0.717, 1.165) is 12.8 Å². The Morgan fingerprint density at radius 2 is 1.94 bits per heavy atom. The number of imidazole rings is 2. The molecule has 1 aliphatic heterocycles. The van der Waals surface area contributed by atoms with Gasteiger partial charge in [-0.2, -0.15) is 0 Å². The number of halogens is 3. The second-order valence-corrected chi connectivity index (χ2v) is 12.9. The molecule has 2 amide bonds. The van der Waals surface area contributed by atoms with Crippen molar-refractivity contribution in [3.05, 3.63) is 121 Å². The Balaban J connectivity index is 1.27. The van der Waals surface area contributed by atoms with E-state index in [1.165, 1.54) is 21.5 Å². The molecule has 0 saturated heterocycles. The molecule has 0 spiro atoms. The summed E-state index contributed by atoms with van der Waals surface area (Å²) in [6.45, 7) is 1.84. The number of aromatic nitrogens is 4. The molecule has 1 saturated carbocycles. The molecule has 47 heavy (non-hydrogen) atoms. The number of carbonyl (C=O) groups excluding carboxylic acids is 2. The molecular formula is C34H29BrClFN6O4. The van der Waals surface area contributed by atoms with Gasteiger partial charge in [-0.05, 0) is 84.2 Å². The van der Waals surface area contributed by atoms with E-state index in [1.54, 1.807) is 65.7 Å². The van der Waals surface area contributed by atoms with Crippen LogP contribution in [-0.4, -0.2) is 48.0 Å². The van der Waals surface area contributed by atoms with Crippen molar-refractivity contribution in [2.75, 3.05) is 0 Å². The Labute approximate surface area is 282 Å². The lowest BCUT2D eigenvalue weighted by Gasteiger charge is -2.34. The van der Waals surface area contributed by atoms with Crippen LogP contribution in [0.1, 0.15) is 51.9 Å². The fourth-order valence-electron chi connectivity index (χ4n) is 5.85. The smallest absolute Gasteiger partial charge is 0.333 e. The summed E-state index contributed by atoms with van der Waals surface area (Å²) >= 11 is 9.65. The number of hydrogen-bond donors (Lipinski definition) is 2. The third-order valence-electron chi connectivity index (χ3n) is 8.44. The number of ether oxygens (including phenoxy) is 1. The number of fused-ring (bicyclic) bond motifs is 1. The first kappa shape index (κ1) is 30.9. The van der Waals surface area contributed by atoms with E-state index in [4.69, 9.17) is 16.3 Å². The third-order valence-corrected chi connectivity index (χ3v) is 9.67. The van der Waals surface area contributed by atoms with Crippen molar-refractivity contribution in [1.29, 1.82) is 0 Å². The van der Waals surface area contributed by atoms with Gasteiger partial charge in [0.2, 0.25) is 0 Å². The number of hydrogen-bond acceptors (Lipinski definition) is 5. The molecule has 1 unspecified atom stereocenters. The van der Waals surface area contributed by atoms with Crippen LogP contribution in [0.4, 0.5) is 4.39 Å². The lowest BCUT2D eigenvalue weighted by Crippen LogP contribution is -2.47. The van der Waals surface area contributed by atoms with Crippen LogP contribution >= 0.6 is 27.5 Å². The quantitative estimate of drug-likeness (QED) is 0.201. The maximum absolute atomic E-state index is 15.1. The minimum atomic E-state index is -0.596. The fraction of sp³-hybridized carbons (Fsp3) is 0.235. The Hall–Kier alpha value is -4.68. The summed E-state index contributed by atoms with van der Waals surface area (Å²) in [4.78, 5) is 50.6. The molecule has 1 aliphatic carbocycles. The Kier molecular flexibility index (Phi) is 8.23. The largest absolute Gasteiger partial charge is 0.490 e. The average Bonchev–Trinajstić information content (AvgIpc) is 3.61. The summed E-state index contributed by atoms with van der Waals surface area (Å²) in [5, 5.41) is 3.23. The molecule has 1 fully saturated rings. The van der Waals surface area contributed by atoms with Crippen LogP contribution in [0.15, 0.2) is 82.5 Å². The van der Waals surface area contributed by atoms with Gasteiger partial charge in [0.15, 0.2) is 0 Å². The highest BCUT2D eigenvalue weighted by Crippen LogP contribution is 2.30. The highest BCUT2D eigenvalue weighted by atomic mass is 79.9. The molecule has 240 valence electrons. The van der Waals surface area contributed by atoms with E-state index in [2.05, 4.69) is 31.2 Å². The van der Waals surface area contributed by atoms with Crippen molar-refractivity contribution < 1.29 is 18.7 Å². The number of aromatic amines is 1. The Morgan fingerprint density at radius 3 is 2.64 bits per heavy atom. The minimum absolute atomic E-state index is 0.0133. The number of H-pyrrole nitrogens is 1. The van der Waals surface area contributed by atoms with Crippen molar-refractivity contribution >= 4 is 39.3 Å². The Bertz CT molecular complexity index is 2060. The van der Waals surface area contributed by atoms with Gasteiger partial charge >= 0.3 is 5.69 Å². The van der Waals surface area contributed by atoms with Crippen LogP contribution in [0, 0.1) is 5.82 Å². The molecule has 2 N–H and O–H groups in total. The van der Waals surface area contributed by atoms with Gasteiger partial charge in [0.25, 0.3) is 11.8 Å². The molecule has 0 radical (unpaired) electrons. The molecule has 2 aliphatic rings. The van der Waals surface area contributed by atoms with E-state index in [9.17, 15) is 14.4 Å². The first-order valence-corrected chi connectivity index (χ1v) is 16.3. The lowest BCUT2D eigenvalue weighted by molar-refractivity contribution is 0.0610. The van der Waals surface area contributed by atoms with Crippen LogP contribution in [0.25, 0.3) is 16.9 Å². The van der Waals surface area contributed by atoms with Gasteiger partial charge in [-0.25, -0.2) is 14.2 Å².